The number of aliphatic imine (C=N–C) groups is 1. The number of hydrogen-bond donors (Lipinski definition) is 1. The zero-order chi connectivity index (χ0) is 21.0. The Morgan fingerprint density at radius 3 is 2.79 bits per heavy atom. The van der Waals surface area contributed by atoms with Crippen LogP contribution in [0.5, 0.6) is 0 Å². The Bertz CT molecular complexity index is 958. The van der Waals surface area contributed by atoms with Gasteiger partial charge in [-0.15, -0.1) is 0 Å². The number of amides is 1. The molecule has 1 aliphatic heterocycles. The largest absolute Gasteiger partial charge is 0.356 e. The highest BCUT2D eigenvalue weighted by molar-refractivity contribution is 5.80. The van der Waals surface area contributed by atoms with E-state index < -0.39 is 0 Å². The lowest BCUT2D eigenvalue weighted by Gasteiger charge is -2.29. The van der Waals surface area contributed by atoms with Crippen LogP contribution in [0.3, 0.4) is 0 Å². The zero-order valence-electron chi connectivity index (χ0n) is 17.6. The molecule has 1 N–H and O–H groups in total. The van der Waals surface area contributed by atoms with Gasteiger partial charge < -0.3 is 15.1 Å². The fraction of sp³-hybridized carbons (Fsp3) is 0.500. The normalized spacial score (nSPS) is 13.9. The minimum atomic E-state index is -0.239. The van der Waals surface area contributed by atoms with Crippen LogP contribution in [-0.4, -0.2) is 70.2 Å². The first-order valence-corrected chi connectivity index (χ1v) is 9.77. The number of benzene rings is 1. The molecule has 2 aromatic rings. The molecule has 0 saturated heterocycles. The molecule has 0 fully saturated rings. The minimum Gasteiger partial charge on any atom is -0.356 e. The molecule has 9 heteroatoms. The lowest BCUT2D eigenvalue weighted by atomic mass is 10.1. The van der Waals surface area contributed by atoms with Gasteiger partial charge in [0.15, 0.2) is 11.8 Å². The van der Waals surface area contributed by atoms with Gasteiger partial charge in [0.05, 0.1) is 6.54 Å². The van der Waals surface area contributed by atoms with Crippen molar-refractivity contribution in [2.75, 3.05) is 34.2 Å². The maximum absolute atomic E-state index is 12.5. The number of likely N-dealkylation sites (N-methyl/N-ethyl adjacent to an activating group) is 1. The Morgan fingerprint density at radius 2 is 2.10 bits per heavy atom. The van der Waals surface area contributed by atoms with Crippen LogP contribution in [-0.2, 0) is 30.8 Å². The SMILES string of the molecule is CN=C(NCCc1cccc(C)c1)N1CCn2c(nn(CC(=O)N(C)C)c2=O)C1. The van der Waals surface area contributed by atoms with Gasteiger partial charge in [-0.25, -0.2) is 9.48 Å². The summed E-state index contributed by atoms with van der Waals surface area (Å²) in [7, 11) is 5.08. The van der Waals surface area contributed by atoms with E-state index in [0.29, 0.717) is 25.5 Å². The first-order chi connectivity index (χ1) is 13.9. The monoisotopic (exact) mass is 399 g/mol. The van der Waals surface area contributed by atoms with Crippen LogP contribution in [0.1, 0.15) is 17.0 Å². The molecule has 3 rings (SSSR count). The van der Waals surface area contributed by atoms with E-state index in [1.54, 1.807) is 25.7 Å². The summed E-state index contributed by atoms with van der Waals surface area (Å²) in [4.78, 5) is 32.4. The van der Waals surface area contributed by atoms with Crippen molar-refractivity contribution in [1.29, 1.82) is 0 Å². The van der Waals surface area contributed by atoms with Crippen molar-refractivity contribution in [1.82, 2.24) is 29.5 Å². The minimum absolute atomic E-state index is 0.0463. The van der Waals surface area contributed by atoms with Crippen LogP contribution in [0.4, 0.5) is 0 Å². The molecular weight excluding hydrogens is 370 g/mol. The third kappa shape index (κ3) is 4.85. The molecule has 0 atom stereocenters. The van der Waals surface area contributed by atoms with Gasteiger partial charge in [0.25, 0.3) is 0 Å². The lowest BCUT2D eigenvalue weighted by Crippen LogP contribution is -2.47. The maximum atomic E-state index is 12.5. The van der Waals surface area contributed by atoms with Gasteiger partial charge in [-0.2, -0.15) is 5.10 Å². The van der Waals surface area contributed by atoms with Gasteiger partial charge in [0.1, 0.15) is 6.54 Å². The second kappa shape index (κ2) is 8.93. The second-order valence-electron chi connectivity index (χ2n) is 7.43. The summed E-state index contributed by atoms with van der Waals surface area (Å²) in [6.07, 6.45) is 0.903. The molecule has 2 heterocycles. The lowest BCUT2D eigenvalue weighted by molar-refractivity contribution is -0.129. The Labute approximate surface area is 170 Å². The predicted octanol–water partition coefficient (Wildman–Crippen LogP) is 0.0751. The number of aryl methyl sites for hydroxylation is 1. The molecular formula is C20H29N7O2. The molecule has 0 spiro atoms. The van der Waals surface area contributed by atoms with Crippen LogP contribution in [0.15, 0.2) is 34.1 Å². The summed E-state index contributed by atoms with van der Waals surface area (Å²) in [6, 6.07) is 8.47. The van der Waals surface area contributed by atoms with Gasteiger partial charge >= 0.3 is 5.69 Å². The molecule has 1 aromatic carbocycles. The van der Waals surface area contributed by atoms with E-state index in [2.05, 4.69) is 51.5 Å². The van der Waals surface area contributed by atoms with E-state index in [4.69, 9.17) is 0 Å². The highest BCUT2D eigenvalue weighted by Gasteiger charge is 2.24. The first-order valence-electron chi connectivity index (χ1n) is 9.77. The average molecular weight is 399 g/mol. The van der Waals surface area contributed by atoms with E-state index in [0.717, 1.165) is 18.9 Å². The third-order valence-corrected chi connectivity index (χ3v) is 5.00. The van der Waals surface area contributed by atoms with Gasteiger partial charge in [-0.3, -0.25) is 14.4 Å². The summed E-state index contributed by atoms with van der Waals surface area (Å²) in [5.74, 6) is 1.28. The number of guanidine groups is 1. The molecule has 1 aromatic heterocycles. The van der Waals surface area contributed by atoms with E-state index in [1.165, 1.54) is 20.7 Å². The number of hydrogen-bond acceptors (Lipinski definition) is 4. The Balaban J connectivity index is 1.62. The Hall–Kier alpha value is -3.10. The molecule has 156 valence electrons. The summed E-state index contributed by atoms with van der Waals surface area (Å²) < 4.78 is 2.88. The van der Waals surface area contributed by atoms with Gasteiger partial charge in [-0.1, -0.05) is 29.8 Å². The van der Waals surface area contributed by atoms with Crippen molar-refractivity contribution in [3.05, 3.63) is 51.7 Å². The molecule has 0 bridgehead atoms. The average Bonchev–Trinajstić information content (AvgIpc) is 3.00. The van der Waals surface area contributed by atoms with Gasteiger partial charge in [0.2, 0.25) is 5.91 Å². The molecule has 0 saturated carbocycles. The van der Waals surface area contributed by atoms with E-state index in [-0.39, 0.29) is 18.1 Å². The topological polar surface area (TPSA) is 87.8 Å². The molecule has 0 unspecified atom stereocenters. The van der Waals surface area contributed by atoms with E-state index in [1.807, 2.05) is 0 Å². The van der Waals surface area contributed by atoms with Crippen molar-refractivity contribution >= 4 is 11.9 Å². The molecule has 0 aliphatic carbocycles. The smallest absolute Gasteiger partial charge is 0.346 e. The van der Waals surface area contributed by atoms with Crippen LogP contribution in [0, 0.1) is 6.92 Å². The Morgan fingerprint density at radius 1 is 1.31 bits per heavy atom. The number of fused-ring (bicyclic) bond motifs is 1. The third-order valence-electron chi connectivity index (χ3n) is 5.00. The van der Waals surface area contributed by atoms with Crippen molar-refractivity contribution in [2.45, 2.75) is 33.0 Å². The summed E-state index contributed by atoms with van der Waals surface area (Å²) >= 11 is 0. The van der Waals surface area contributed by atoms with E-state index >= 15 is 0 Å². The Kier molecular flexibility index (Phi) is 6.36. The summed E-state index contributed by atoms with van der Waals surface area (Å²) in [6.45, 7) is 4.46. The molecule has 0 radical (unpaired) electrons. The number of aromatic nitrogens is 3. The van der Waals surface area contributed by atoms with E-state index in [9.17, 15) is 9.59 Å². The van der Waals surface area contributed by atoms with Crippen LogP contribution >= 0.6 is 0 Å². The summed E-state index contributed by atoms with van der Waals surface area (Å²) in [5, 5.41) is 7.77. The highest BCUT2D eigenvalue weighted by Crippen LogP contribution is 2.09. The van der Waals surface area contributed by atoms with Crippen molar-refractivity contribution in [3.8, 4) is 0 Å². The predicted molar refractivity (Wildman–Crippen MR) is 112 cm³/mol. The molecule has 9 nitrogen and oxygen atoms in total. The fourth-order valence-electron chi connectivity index (χ4n) is 3.37. The zero-order valence-corrected chi connectivity index (χ0v) is 17.6. The van der Waals surface area contributed by atoms with Crippen LogP contribution in [0.2, 0.25) is 0 Å². The number of nitrogens with zero attached hydrogens (tertiary/aromatic N) is 6. The number of rotatable bonds is 5. The molecule has 1 aliphatic rings. The van der Waals surface area contributed by atoms with Crippen LogP contribution < -0.4 is 11.0 Å². The fourth-order valence-corrected chi connectivity index (χ4v) is 3.37. The summed E-state index contributed by atoms with van der Waals surface area (Å²) in [5.41, 5.74) is 2.30. The van der Waals surface area contributed by atoms with Gasteiger partial charge in [-0.05, 0) is 18.9 Å². The van der Waals surface area contributed by atoms with Crippen molar-refractivity contribution in [2.24, 2.45) is 4.99 Å². The number of carbonyl (C=O) groups excluding carboxylic acids is 1. The quantitative estimate of drug-likeness (QED) is 0.568. The van der Waals surface area contributed by atoms with Crippen molar-refractivity contribution in [3.63, 3.8) is 0 Å². The second-order valence-corrected chi connectivity index (χ2v) is 7.43. The maximum Gasteiger partial charge on any atom is 0.346 e. The van der Waals surface area contributed by atoms with Crippen molar-refractivity contribution < 1.29 is 4.79 Å². The standard InChI is InChI=1S/C20H29N7O2/c1-15-6-5-7-16(12-15)8-9-22-19(21-2)25-10-11-26-17(13-25)23-27(20(26)29)14-18(28)24(3)4/h5-7,12H,8-11,13-14H2,1-4H3,(H,21,22). The molecule has 1 amide bonds. The van der Waals surface area contributed by atoms with Gasteiger partial charge in [0, 0.05) is 40.8 Å². The number of nitrogens with one attached hydrogen (secondary N) is 1. The highest BCUT2D eigenvalue weighted by atomic mass is 16.2. The molecule has 29 heavy (non-hydrogen) atoms. The number of carbonyl (C=O) groups is 1. The van der Waals surface area contributed by atoms with Crippen LogP contribution in [0.25, 0.3) is 0 Å². The first kappa shape index (κ1) is 20.6.